The first-order valence-corrected chi connectivity index (χ1v) is 12.1. The van der Waals surface area contributed by atoms with Crippen molar-refractivity contribution in [1.82, 2.24) is 14.9 Å². The molecule has 0 aliphatic carbocycles. The van der Waals surface area contributed by atoms with Crippen LogP contribution in [0.1, 0.15) is 28.5 Å². The van der Waals surface area contributed by atoms with Crippen molar-refractivity contribution in [1.29, 1.82) is 0 Å². The topological polar surface area (TPSA) is 73.8 Å². The summed E-state index contributed by atoms with van der Waals surface area (Å²) in [6, 6.07) is 7.83. The molecule has 2 rings (SSSR count). The van der Waals surface area contributed by atoms with Crippen LogP contribution in [0.15, 0.2) is 33.5 Å². The zero-order valence-electron chi connectivity index (χ0n) is 16.3. The molecule has 0 atom stereocenters. The Morgan fingerprint density at radius 3 is 2.37 bits per heavy atom. The summed E-state index contributed by atoms with van der Waals surface area (Å²) in [5.74, 6) is 0.744. The van der Waals surface area contributed by atoms with E-state index in [2.05, 4.69) is 34.7 Å². The van der Waals surface area contributed by atoms with Gasteiger partial charge >= 0.3 is 0 Å². The van der Waals surface area contributed by atoms with Gasteiger partial charge in [-0.15, -0.1) is 22.7 Å². The monoisotopic (exact) mass is 428 g/mol. The Morgan fingerprint density at radius 1 is 1.07 bits per heavy atom. The fourth-order valence-electron chi connectivity index (χ4n) is 2.60. The number of sulfonamides is 1. The number of guanidine groups is 1. The van der Waals surface area contributed by atoms with Crippen LogP contribution in [0, 0.1) is 6.92 Å². The molecule has 2 heterocycles. The van der Waals surface area contributed by atoms with Crippen molar-refractivity contribution in [2.75, 3.05) is 26.7 Å². The van der Waals surface area contributed by atoms with E-state index in [1.54, 1.807) is 24.5 Å². The second-order valence-electron chi connectivity index (χ2n) is 5.92. The average Bonchev–Trinajstić information content (AvgIpc) is 3.28. The maximum Gasteiger partial charge on any atom is 0.252 e. The molecule has 0 bridgehead atoms. The highest BCUT2D eigenvalue weighted by Gasteiger charge is 2.23. The summed E-state index contributed by atoms with van der Waals surface area (Å²) in [5, 5.41) is 6.57. The second-order valence-corrected chi connectivity index (χ2v) is 10.6. The zero-order valence-corrected chi connectivity index (χ0v) is 18.7. The Bertz CT molecular complexity index is 852. The van der Waals surface area contributed by atoms with E-state index in [1.807, 2.05) is 19.9 Å². The van der Waals surface area contributed by atoms with Crippen LogP contribution in [-0.4, -0.2) is 45.4 Å². The molecule has 0 fully saturated rings. The number of rotatable bonds is 9. The summed E-state index contributed by atoms with van der Waals surface area (Å²) in [7, 11) is -1.62. The third kappa shape index (κ3) is 6.03. The Balaban J connectivity index is 1.85. The first-order chi connectivity index (χ1) is 12.9. The molecule has 0 aliphatic rings. The van der Waals surface area contributed by atoms with Gasteiger partial charge in [0.25, 0.3) is 10.0 Å². The van der Waals surface area contributed by atoms with Crippen molar-refractivity contribution >= 4 is 38.7 Å². The van der Waals surface area contributed by atoms with E-state index in [-0.39, 0.29) is 0 Å². The van der Waals surface area contributed by atoms with Gasteiger partial charge in [-0.3, -0.25) is 4.99 Å². The van der Waals surface area contributed by atoms with Gasteiger partial charge in [0.15, 0.2) is 5.96 Å². The van der Waals surface area contributed by atoms with E-state index in [1.165, 1.54) is 25.4 Å². The number of hydrogen-bond acceptors (Lipinski definition) is 5. The molecule has 2 aromatic heterocycles. The molecule has 9 heteroatoms. The van der Waals surface area contributed by atoms with Gasteiger partial charge in [0.05, 0.1) is 6.54 Å². The summed E-state index contributed by atoms with van der Waals surface area (Å²) in [6.07, 6.45) is 0.747. The Labute approximate surface area is 170 Å². The smallest absolute Gasteiger partial charge is 0.252 e. The number of aliphatic imine (C=N–C) groups is 1. The van der Waals surface area contributed by atoms with Gasteiger partial charge in [0.2, 0.25) is 0 Å². The summed E-state index contributed by atoms with van der Waals surface area (Å²) in [6.45, 7) is 8.21. The molecule has 0 amide bonds. The lowest BCUT2D eigenvalue weighted by atomic mass is 10.3. The fraction of sp³-hybridized carbons (Fsp3) is 0.500. The summed E-state index contributed by atoms with van der Waals surface area (Å²) >= 11 is 3.11. The van der Waals surface area contributed by atoms with Crippen molar-refractivity contribution in [2.24, 2.45) is 4.99 Å². The average molecular weight is 429 g/mol. The van der Waals surface area contributed by atoms with E-state index in [0.29, 0.717) is 23.8 Å². The number of thiophene rings is 2. The third-order valence-electron chi connectivity index (χ3n) is 4.05. The summed E-state index contributed by atoms with van der Waals surface area (Å²) in [4.78, 5) is 7.83. The minimum atomic E-state index is -3.37. The predicted molar refractivity (Wildman–Crippen MR) is 115 cm³/mol. The zero-order chi connectivity index (χ0) is 19.9. The van der Waals surface area contributed by atoms with Crippen molar-refractivity contribution < 1.29 is 8.42 Å². The Kier molecular flexibility index (Phi) is 8.28. The second kappa shape index (κ2) is 10.2. The lowest BCUT2D eigenvalue weighted by molar-refractivity contribution is 0.447. The highest BCUT2D eigenvalue weighted by Crippen LogP contribution is 2.25. The molecule has 6 nitrogen and oxygen atoms in total. The summed E-state index contributed by atoms with van der Waals surface area (Å²) < 4.78 is 27.0. The van der Waals surface area contributed by atoms with E-state index < -0.39 is 10.0 Å². The molecule has 0 saturated carbocycles. The van der Waals surface area contributed by atoms with Crippen molar-refractivity contribution in [2.45, 2.75) is 37.9 Å². The lowest BCUT2D eigenvalue weighted by Gasteiger charge is -2.16. The molecular weight excluding hydrogens is 400 g/mol. The van der Waals surface area contributed by atoms with E-state index in [9.17, 15) is 8.42 Å². The molecule has 0 spiro atoms. The Morgan fingerprint density at radius 2 is 1.78 bits per heavy atom. The molecule has 0 aromatic carbocycles. The van der Waals surface area contributed by atoms with Gasteiger partial charge in [-0.05, 0) is 37.6 Å². The molecule has 27 heavy (non-hydrogen) atoms. The SMILES string of the molecule is CCN(CC)S(=O)(=O)c1ccc(CCNC(=NC)NCc2ccc(C)s2)s1. The van der Waals surface area contributed by atoms with Crippen LogP contribution in [0.5, 0.6) is 0 Å². The largest absolute Gasteiger partial charge is 0.356 e. The lowest BCUT2D eigenvalue weighted by Crippen LogP contribution is -2.37. The Hall–Kier alpha value is -1.42. The molecule has 2 N–H and O–H groups in total. The quantitative estimate of drug-likeness (QED) is 0.476. The van der Waals surface area contributed by atoms with Gasteiger partial charge in [0.1, 0.15) is 4.21 Å². The maximum absolute atomic E-state index is 12.6. The van der Waals surface area contributed by atoms with Gasteiger partial charge in [-0.2, -0.15) is 4.31 Å². The third-order valence-corrected chi connectivity index (χ3v) is 8.71. The van der Waals surface area contributed by atoms with Crippen LogP contribution < -0.4 is 10.6 Å². The molecule has 2 aromatic rings. The standard InChI is InChI=1S/C18H28N4O2S3/c1-5-22(6-2)27(23,24)17-10-9-15(26-17)11-12-20-18(19-4)21-13-16-8-7-14(3)25-16/h7-10H,5-6,11-13H2,1-4H3,(H2,19,20,21). The molecule has 150 valence electrons. The number of nitrogens with one attached hydrogen (secondary N) is 2. The molecule has 0 aliphatic heterocycles. The first kappa shape index (κ1) is 21.9. The van der Waals surface area contributed by atoms with Crippen LogP contribution >= 0.6 is 22.7 Å². The van der Waals surface area contributed by atoms with Crippen molar-refractivity contribution in [3.05, 3.63) is 38.9 Å². The van der Waals surface area contributed by atoms with Crippen molar-refractivity contribution in [3.8, 4) is 0 Å². The predicted octanol–water partition coefficient (Wildman–Crippen LogP) is 3.06. The summed E-state index contributed by atoms with van der Waals surface area (Å²) in [5.41, 5.74) is 0. The normalized spacial score (nSPS) is 12.6. The number of aryl methyl sites for hydroxylation is 1. The minimum Gasteiger partial charge on any atom is -0.356 e. The fourth-order valence-corrected chi connectivity index (χ4v) is 6.40. The van der Waals surface area contributed by atoms with E-state index in [4.69, 9.17) is 0 Å². The number of nitrogens with zero attached hydrogens (tertiary/aromatic N) is 2. The van der Waals surface area contributed by atoms with Gasteiger partial charge in [-0.25, -0.2) is 8.42 Å². The highest BCUT2D eigenvalue weighted by molar-refractivity contribution is 7.91. The molecule has 0 unspecified atom stereocenters. The van der Waals surface area contributed by atoms with Crippen LogP contribution in [0.25, 0.3) is 0 Å². The van der Waals surface area contributed by atoms with E-state index >= 15 is 0 Å². The highest BCUT2D eigenvalue weighted by atomic mass is 32.2. The van der Waals surface area contributed by atoms with Crippen LogP contribution in [0.3, 0.4) is 0 Å². The van der Waals surface area contributed by atoms with Crippen LogP contribution in [0.2, 0.25) is 0 Å². The first-order valence-electron chi connectivity index (χ1n) is 8.99. The van der Waals surface area contributed by atoms with Gasteiger partial charge in [-0.1, -0.05) is 13.8 Å². The van der Waals surface area contributed by atoms with Gasteiger partial charge in [0, 0.05) is 41.3 Å². The number of hydrogen-bond donors (Lipinski definition) is 2. The molecule has 0 radical (unpaired) electrons. The van der Waals surface area contributed by atoms with Gasteiger partial charge < -0.3 is 10.6 Å². The maximum atomic E-state index is 12.6. The molecule has 0 saturated heterocycles. The van der Waals surface area contributed by atoms with Crippen LogP contribution in [0.4, 0.5) is 0 Å². The van der Waals surface area contributed by atoms with Crippen LogP contribution in [-0.2, 0) is 23.0 Å². The minimum absolute atomic E-state index is 0.414. The van der Waals surface area contributed by atoms with Crippen molar-refractivity contribution in [3.63, 3.8) is 0 Å². The molecular formula is C18H28N4O2S3. The van der Waals surface area contributed by atoms with E-state index in [0.717, 1.165) is 23.8 Å².